The number of sulfone groups is 1. The molecule has 0 radical (unpaired) electrons. The largest absolute Gasteiger partial charge is 0.469 e. The fourth-order valence-corrected chi connectivity index (χ4v) is 2.26. The first kappa shape index (κ1) is 12.4. The number of carbonyl (C=O) groups excluding carboxylic acids is 1. The lowest BCUT2D eigenvalue weighted by Gasteiger charge is -2.04. The van der Waals surface area contributed by atoms with E-state index in [4.69, 9.17) is 0 Å². The van der Waals surface area contributed by atoms with Crippen LogP contribution in [0.4, 0.5) is 0 Å². The van der Waals surface area contributed by atoms with E-state index in [1.165, 1.54) is 7.11 Å². The summed E-state index contributed by atoms with van der Waals surface area (Å²) in [5.74, 6) is -0.499. The van der Waals surface area contributed by atoms with E-state index < -0.39 is 15.8 Å². The number of ether oxygens (including phenoxy) is 1. The minimum Gasteiger partial charge on any atom is -0.469 e. The first-order valence-electron chi connectivity index (χ1n) is 5.04. The summed E-state index contributed by atoms with van der Waals surface area (Å²) in [5.41, 5.74) is 0. The van der Waals surface area contributed by atoms with Crippen molar-refractivity contribution in [3.05, 3.63) is 0 Å². The third-order valence-corrected chi connectivity index (χ3v) is 3.92. The fraction of sp³-hybridized carbons (Fsp3) is 0.889. The van der Waals surface area contributed by atoms with Gasteiger partial charge in [-0.25, -0.2) is 8.42 Å². The van der Waals surface area contributed by atoms with Gasteiger partial charge in [0.25, 0.3) is 0 Å². The molecule has 15 heavy (non-hydrogen) atoms. The maximum atomic E-state index is 11.4. The van der Waals surface area contributed by atoms with Crippen LogP contribution in [0.5, 0.6) is 0 Å². The Balaban J connectivity index is 2.15. The van der Waals surface area contributed by atoms with Gasteiger partial charge in [-0.05, 0) is 12.8 Å². The summed E-state index contributed by atoms with van der Waals surface area (Å²) >= 11 is 0. The van der Waals surface area contributed by atoms with Gasteiger partial charge in [0.05, 0.1) is 25.0 Å². The van der Waals surface area contributed by atoms with E-state index in [0.717, 1.165) is 12.8 Å². The van der Waals surface area contributed by atoms with Crippen LogP contribution in [0.15, 0.2) is 0 Å². The first-order valence-corrected chi connectivity index (χ1v) is 6.86. The standard InChI is InChI=1S/C9H17NO4S/c1-14-9(11)4-6-15(12,13)7-5-10-8-2-3-8/h8,10H,2-7H2,1H3. The van der Waals surface area contributed by atoms with Crippen LogP contribution in [0.2, 0.25) is 0 Å². The molecule has 6 heteroatoms. The van der Waals surface area contributed by atoms with Gasteiger partial charge in [-0.15, -0.1) is 0 Å². The normalized spacial score (nSPS) is 16.3. The van der Waals surface area contributed by atoms with Crippen LogP contribution >= 0.6 is 0 Å². The Bertz CT molecular complexity index is 308. The van der Waals surface area contributed by atoms with E-state index in [9.17, 15) is 13.2 Å². The summed E-state index contributed by atoms with van der Waals surface area (Å²) in [6, 6.07) is 0.515. The number of esters is 1. The molecule has 88 valence electrons. The van der Waals surface area contributed by atoms with Crippen molar-refractivity contribution in [1.29, 1.82) is 0 Å². The molecule has 1 fully saturated rings. The second kappa shape index (κ2) is 5.46. The Morgan fingerprint density at radius 2 is 2.07 bits per heavy atom. The smallest absolute Gasteiger partial charge is 0.306 e. The highest BCUT2D eigenvalue weighted by Crippen LogP contribution is 2.18. The van der Waals surface area contributed by atoms with Crippen molar-refractivity contribution >= 4 is 15.8 Å². The highest BCUT2D eigenvalue weighted by molar-refractivity contribution is 7.91. The molecule has 1 saturated carbocycles. The number of carbonyl (C=O) groups is 1. The Hall–Kier alpha value is -0.620. The van der Waals surface area contributed by atoms with Crippen LogP contribution in [-0.2, 0) is 19.4 Å². The highest BCUT2D eigenvalue weighted by atomic mass is 32.2. The Labute approximate surface area is 90.1 Å². The maximum absolute atomic E-state index is 11.4. The molecule has 5 nitrogen and oxygen atoms in total. The van der Waals surface area contributed by atoms with Crippen molar-refractivity contribution in [2.45, 2.75) is 25.3 Å². The molecule has 1 aliphatic carbocycles. The molecule has 1 rings (SSSR count). The summed E-state index contributed by atoms with van der Waals surface area (Å²) in [6.07, 6.45) is 2.23. The molecule has 0 aromatic heterocycles. The molecule has 0 aliphatic heterocycles. The van der Waals surface area contributed by atoms with Gasteiger partial charge in [0, 0.05) is 12.6 Å². The summed E-state index contributed by atoms with van der Waals surface area (Å²) in [5, 5.41) is 3.12. The summed E-state index contributed by atoms with van der Waals surface area (Å²) in [7, 11) is -1.86. The topological polar surface area (TPSA) is 72.5 Å². The zero-order valence-corrected chi connectivity index (χ0v) is 9.68. The van der Waals surface area contributed by atoms with Crippen LogP contribution in [0.3, 0.4) is 0 Å². The summed E-state index contributed by atoms with van der Waals surface area (Å²) < 4.78 is 27.2. The quantitative estimate of drug-likeness (QED) is 0.614. The Morgan fingerprint density at radius 3 is 2.60 bits per heavy atom. The third kappa shape index (κ3) is 5.74. The number of hydrogen-bond donors (Lipinski definition) is 1. The van der Waals surface area contributed by atoms with Crippen molar-refractivity contribution in [3.63, 3.8) is 0 Å². The van der Waals surface area contributed by atoms with Gasteiger partial charge < -0.3 is 10.1 Å². The van der Waals surface area contributed by atoms with Gasteiger partial charge in [-0.2, -0.15) is 0 Å². The molecule has 0 amide bonds. The van der Waals surface area contributed by atoms with Gasteiger partial charge >= 0.3 is 5.97 Å². The van der Waals surface area contributed by atoms with Gasteiger partial charge in [0.2, 0.25) is 0 Å². The molecule has 0 aromatic rings. The number of rotatable bonds is 7. The van der Waals surface area contributed by atoms with Crippen LogP contribution < -0.4 is 5.32 Å². The zero-order valence-electron chi connectivity index (χ0n) is 8.86. The lowest BCUT2D eigenvalue weighted by molar-refractivity contribution is -0.140. The van der Waals surface area contributed by atoms with E-state index in [1.54, 1.807) is 0 Å². The lowest BCUT2D eigenvalue weighted by atomic mass is 10.5. The fourth-order valence-electron chi connectivity index (χ4n) is 1.15. The van der Waals surface area contributed by atoms with E-state index in [1.807, 2.05) is 0 Å². The van der Waals surface area contributed by atoms with Crippen molar-refractivity contribution < 1.29 is 17.9 Å². The van der Waals surface area contributed by atoms with E-state index >= 15 is 0 Å². The van der Waals surface area contributed by atoms with Gasteiger partial charge in [0.15, 0.2) is 9.84 Å². The van der Waals surface area contributed by atoms with Gasteiger partial charge in [-0.3, -0.25) is 4.79 Å². The molecule has 0 bridgehead atoms. The second-order valence-electron chi connectivity index (χ2n) is 3.71. The van der Waals surface area contributed by atoms with Crippen LogP contribution in [0, 0.1) is 0 Å². The molecular weight excluding hydrogens is 218 g/mol. The molecule has 0 unspecified atom stereocenters. The number of methoxy groups -OCH3 is 1. The van der Waals surface area contributed by atoms with Gasteiger partial charge in [-0.1, -0.05) is 0 Å². The number of nitrogens with one attached hydrogen (secondary N) is 1. The number of hydrogen-bond acceptors (Lipinski definition) is 5. The molecule has 0 aromatic carbocycles. The zero-order chi connectivity index (χ0) is 11.3. The molecule has 0 heterocycles. The summed E-state index contributed by atoms with van der Waals surface area (Å²) in [4.78, 5) is 10.7. The summed E-state index contributed by atoms with van der Waals surface area (Å²) in [6.45, 7) is 0.480. The average Bonchev–Trinajstić information content (AvgIpc) is 2.98. The predicted octanol–water partition coefficient (Wildman–Crippen LogP) is -0.284. The van der Waals surface area contributed by atoms with Crippen LogP contribution in [0.25, 0.3) is 0 Å². The minimum atomic E-state index is -3.12. The third-order valence-electron chi connectivity index (χ3n) is 2.27. The average molecular weight is 235 g/mol. The molecule has 0 saturated heterocycles. The van der Waals surface area contributed by atoms with Crippen molar-refractivity contribution in [2.75, 3.05) is 25.2 Å². The van der Waals surface area contributed by atoms with E-state index in [0.29, 0.717) is 12.6 Å². The van der Waals surface area contributed by atoms with E-state index in [-0.39, 0.29) is 17.9 Å². The van der Waals surface area contributed by atoms with Crippen molar-refractivity contribution in [2.24, 2.45) is 0 Å². The minimum absolute atomic E-state index is 0.0533. The molecular formula is C9H17NO4S. The van der Waals surface area contributed by atoms with Gasteiger partial charge in [0.1, 0.15) is 0 Å². The molecule has 1 N–H and O–H groups in total. The van der Waals surface area contributed by atoms with Crippen molar-refractivity contribution in [3.8, 4) is 0 Å². The second-order valence-corrected chi connectivity index (χ2v) is 6.01. The highest BCUT2D eigenvalue weighted by Gasteiger charge is 2.21. The van der Waals surface area contributed by atoms with Crippen LogP contribution in [0.1, 0.15) is 19.3 Å². The Kier molecular flexibility index (Phi) is 4.53. The first-order chi connectivity index (χ1) is 7.03. The van der Waals surface area contributed by atoms with Crippen LogP contribution in [-0.4, -0.2) is 45.6 Å². The van der Waals surface area contributed by atoms with Crippen molar-refractivity contribution in [1.82, 2.24) is 5.32 Å². The SMILES string of the molecule is COC(=O)CCS(=O)(=O)CCNC1CC1. The molecule has 0 spiro atoms. The molecule has 0 atom stereocenters. The van der Waals surface area contributed by atoms with E-state index in [2.05, 4.69) is 10.1 Å². The maximum Gasteiger partial charge on any atom is 0.306 e. The lowest BCUT2D eigenvalue weighted by Crippen LogP contribution is -2.26. The predicted molar refractivity (Wildman–Crippen MR) is 56.3 cm³/mol. The Morgan fingerprint density at radius 1 is 1.40 bits per heavy atom. The monoisotopic (exact) mass is 235 g/mol. The molecule has 1 aliphatic rings.